The van der Waals surface area contributed by atoms with Crippen molar-refractivity contribution >= 4 is 17.2 Å². The number of aryl methyl sites for hydroxylation is 1. The molecule has 3 aromatic heterocycles. The van der Waals surface area contributed by atoms with Gasteiger partial charge in [0.05, 0.1) is 11.2 Å². The summed E-state index contributed by atoms with van der Waals surface area (Å²) in [6.07, 6.45) is 8.48. The summed E-state index contributed by atoms with van der Waals surface area (Å²) in [5.74, 6) is 0.816. The van der Waals surface area contributed by atoms with E-state index in [0.29, 0.717) is 5.69 Å². The van der Waals surface area contributed by atoms with Crippen LogP contribution in [-0.4, -0.2) is 44.2 Å². The molecule has 5 rings (SSSR count). The Kier molecular flexibility index (Phi) is 4.27. The smallest absolute Gasteiger partial charge is 0.272 e. The summed E-state index contributed by atoms with van der Waals surface area (Å²) < 4.78 is 3.81. The topological polar surface area (TPSA) is 67.5 Å². The zero-order valence-electron chi connectivity index (χ0n) is 16.2. The highest BCUT2D eigenvalue weighted by molar-refractivity contribution is 5.92. The van der Waals surface area contributed by atoms with Crippen LogP contribution in [0.3, 0.4) is 0 Å². The van der Waals surface area contributed by atoms with Crippen molar-refractivity contribution in [2.75, 3.05) is 18.0 Å². The van der Waals surface area contributed by atoms with E-state index >= 15 is 0 Å². The number of nitrogens with zero attached hydrogens (tertiary/aromatic N) is 5. The third kappa shape index (κ3) is 3.24. The van der Waals surface area contributed by atoms with Crippen LogP contribution in [0.15, 0.2) is 67.3 Å². The van der Waals surface area contributed by atoms with Gasteiger partial charge in [0, 0.05) is 43.9 Å². The summed E-state index contributed by atoms with van der Waals surface area (Å²) >= 11 is 0. The lowest BCUT2D eigenvalue weighted by Crippen LogP contribution is -2.37. The summed E-state index contributed by atoms with van der Waals surface area (Å²) in [6.45, 7) is 3.63. The van der Waals surface area contributed by atoms with Crippen molar-refractivity contribution in [2.45, 2.75) is 19.4 Å². The molecule has 1 aliphatic rings. The van der Waals surface area contributed by atoms with Crippen LogP contribution < -0.4 is 10.2 Å². The van der Waals surface area contributed by atoms with Gasteiger partial charge < -0.3 is 14.6 Å². The number of carbonyl (C=O) groups is 1. The van der Waals surface area contributed by atoms with Gasteiger partial charge in [-0.1, -0.05) is 18.2 Å². The van der Waals surface area contributed by atoms with E-state index in [0.717, 1.165) is 42.1 Å². The van der Waals surface area contributed by atoms with Crippen LogP contribution in [0.5, 0.6) is 0 Å². The van der Waals surface area contributed by atoms with Gasteiger partial charge in [-0.05, 0) is 43.2 Å². The van der Waals surface area contributed by atoms with Crippen LogP contribution in [0.2, 0.25) is 0 Å². The van der Waals surface area contributed by atoms with E-state index in [2.05, 4.69) is 30.8 Å². The number of benzene rings is 1. The Morgan fingerprint density at radius 3 is 2.90 bits per heavy atom. The first-order chi connectivity index (χ1) is 14.2. The van der Waals surface area contributed by atoms with Gasteiger partial charge in [-0.3, -0.25) is 4.79 Å². The van der Waals surface area contributed by atoms with Crippen molar-refractivity contribution < 1.29 is 4.79 Å². The average Bonchev–Trinajstić information content (AvgIpc) is 3.48. The Hall–Kier alpha value is -3.61. The molecule has 1 saturated heterocycles. The number of hydrogen-bond acceptors (Lipinski definition) is 4. The van der Waals surface area contributed by atoms with Gasteiger partial charge in [-0.25, -0.2) is 9.67 Å². The Labute approximate surface area is 168 Å². The Morgan fingerprint density at radius 2 is 2.00 bits per heavy atom. The van der Waals surface area contributed by atoms with Crippen LogP contribution in [-0.2, 0) is 0 Å². The lowest BCUT2D eigenvalue weighted by atomic mass is 10.2. The maximum absolute atomic E-state index is 12.7. The predicted octanol–water partition coefficient (Wildman–Crippen LogP) is 2.84. The van der Waals surface area contributed by atoms with Gasteiger partial charge in [0.1, 0.15) is 0 Å². The molecule has 7 nitrogen and oxygen atoms in total. The maximum atomic E-state index is 12.7. The van der Waals surface area contributed by atoms with Gasteiger partial charge in [0.15, 0.2) is 11.5 Å². The van der Waals surface area contributed by atoms with E-state index in [1.807, 2.05) is 62.0 Å². The maximum Gasteiger partial charge on any atom is 0.272 e. The van der Waals surface area contributed by atoms with Crippen LogP contribution in [0.1, 0.15) is 22.5 Å². The second kappa shape index (κ2) is 7.09. The van der Waals surface area contributed by atoms with Crippen molar-refractivity contribution in [1.29, 1.82) is 0 Å². The monoisotopic (exact) mass is 386 g/mol. The summed E-state index contributed by atoms with van der Waals surface area (Å²) in [6, 6.07) is 13.9. The number of anilines is 1. The van der Waals surface area contributed by atoms with Gasteiger partial charge in [-0.15, -0.1) is 0 Å². The summed E-state index contributed by atoms with van der Waals surface area (Å²) in [5.41, 5.74) is 3.60. The van der Waals surface area contributed by atoms with E-state index in [1.165, 1.54) is 0 Å². The fraction of sp³-hybridized carbons (Fsp3) is 0.227. The second-order valence-corrected chi connectivity index (χ2v) is 7.39. The van der Waals surface area contributed by atoms with E-state index in [4.69, 9.17) is 0 Å². The van der Waals surface area contributed by atoms with E-state index in [1.54, 1.807) is 10.7 Å². The predicted molar refractivity (Wildman–Crippen MR) is 112 cm³/mol. The zero-order chi connectivity index (χ0) is 19.8. The molecule has 1 unspecified atom stereocenters. The minimum absolute atomic E-state index is 0.0723. The molecule has 0 spiro atoms. The van der Waals surface area contributed by atoms with Gasteiger partial charge in [-0.2, -0.15) is 5.10 Å². The van der Waals surface area contributed by atoms with Crippen LogP contribution in [0.25, 0.3) is 11.2 Å². The number of amides is 1. The van der Waals surface area contributed by atoms with Crippen molar-refractivity contribution in [1.82, 2.24) is 24.5 Å². The molecular formula is C22H22N6O. The van der Waals surface area contributed by atoms with E-state index in [-0.39, 0.29) is 11.9 Å². The van der Waals surface area contributed by atoms with Crippen molar-refractivity contribution in [3.05, 3.63) is 78.5 Å². The molecule has 0 bridgehead atoms. The highest BCUT2D eigenvalue weighted by Crippen LogP contribution is 2.23. The molecule has 1 fully saturated rings. The quantitative estimate of drug-likeness (QED) is 0.586. The number of fused-ring (bicyclic) bond motifs is 1. The molecule has 4 heterocycles. The molecular weight excluding hydrogens is 364 g/mol. The van der Waals surface area contributed by atoms with E-state index < -0.39 is 0 Å². The van der Waals surface area contributed by atoms with Crippen molar-refractivity contribution in [2.24, 2.45) is 0 Å². The average molecular weight is 386 g/mol. The number of para-hydroxylation sites is 1. The number of nitrogens with one attached hydrogen (secondary N) is 1. The molecule has 0 saturated carbocycles. The van der Waals surface area contributed by atoms with Crippen LogP contribution in [0, 0.1) is 6.92 Å². The molecule has 1 N–H and O–H groups in total. The van der Waals surface area contributed by atoms with Crippen molar-refractivity contribution in [3.8, 4) is 5.69 Å². The van der Waals surface area contributed by atoms with Gasteiger partial charge in [0.2, 0.25) is 0 Å². The molecule has 146 valence electrons. The summed E-state index contributed by atoms with van der Waals surface area (Å²) in [7, 11) is 0. The van der Waals surface area contributed by atoms with Crippen LogP contribution >= 0.6 is 0 Å². The molecule has 29 heavy (non-hydrogen) atoms. The van der Waals surface area contributed by atoms with E-state index in [9.17, 15) is 4.79 Å². The molecule has 1 aromatic carbocycles. The standard InChI is InChI=1S/C22H22N6O/c1-16-5-2-3-6-19(16)28-13-9-18(25-28)22(29)24-17-8-12-27(15-17)21-20-7-4-11-26(20)14-10-23-21/h2-7,9-11,13-14,17H,8,12,15H2,1H3,(H,24,29). The molecule has 1 aliphatic heterocycles. The highest BCUT2D eigenvalue weighted by atomic mass is 16.2. The zero-order valence-corrected chi connectivity index (χ0v) is 16.2. The Morgan fingerprint density at radius 1 is 1.10 bits per heavy atom. The number of rotatable bonds is 4. The van der Waals surface area contributed by atoms with Crippen molar-refractivity contribution in [3.63, 3.8) is 0 Å². The minimum Gasteiger partial charge on any atom is -0.353 e. The molecule has 0 radical (unpaired) electrons. The minimum atomic E-state index is -0.141. The molecule has 4 aromatic rings. The third-order valence-corrected chi connectivity index (χ3v) is 5.44. The number of carbonyl (C=O) groups excluding carboxylic acids is 1. The van der Waals surface area contributed by atoms with Gasteiger partial charge >= 0.3 is 0 Å². The largest absolute Gasteiger partial charge is 0.353 e. The fourth-order valence-electron chi connectivity index (χ4n) is 3.93. The highest BCUT2D eigenvalue weighted by Gasteiger charge is 2.27. The number of hydrogen-bond donors (Lipinski definition) is 1. The Balaban J connectivity index is 1.28. The first-order valence-corrected chi connectivity index (χ1v) is 9.78. The second-order valence-electron chi connectivity index (χ2n) is 7.39. The third-order valence-electron chi connectivity index (χ3n) is 5.44. The normalized spacial score (nSPS) is 16.4. The Bertz CT molecular complexity index is 1180. The summed E-state index contributed by atoms with van der Waals surface area (Å²) in [5, 5.41) is 7.59. The number of aromatic nitrogens is 4. The fourth-order valence-corrected chi connectivity index (χ4v) is 3.93. The van der Waals surface area contributed by atoms with Gasteiger partial charge in [0.25, 0.3) is 5.91 Å². The lowest BCUT2D eigenvalue weighted by molar-refractivity contribution is 0.0935. The SMILES string of the molecule is Cc1ccccc1-n1ccc(C(=O)NC2CCN(c3nccn4cccc34)C2)n1. The molecule has 7 heteroatoms. The van der Waals surface area contributed by atoms with Crippen LogP contribution in [0.4, 0.5) is 5.82 Å². The molecule has 1 amide bonds. The first kappa shape index (κ1) is 17.5. The summed E-state index contributed by atoms with van der Waals surface area (Å²) in [4.78, 5) is 19.5. The molecule has 0 aliphatic carbocycles. The molecule has 1 atom stereocenters. The first-order valence-electron chi connectivity index (χ1n) is 9.78. The lowest BCUT2D eigenvalue weighted by Gasteiger charge is -2.18.